The van der Waals surface area contributed by atoms with E-state index in [1.54, 1.807) is 0 Å². The SMILES string of the molecule is CCNC(C)c1nnc(C(C)(C)c2ccccc2)o1. The van der Waals surface area contributed by atoms with Gasteiger partial charge in [0.2, 0.25) is 11.8 Å². The molecule has 1 unspecified atom stereocenters. The van der Waals surface area contributed by atoms with E-state index in [1.807, 2.05) is 25.1 Å². The van der Waals surface area contributed by atoms with Gasteiger partial charge in [-0.3, -0.25) is 0 Å². The molecule has 19 heavy (non-hydrogen) atoms. The lowest BCUT2D eigenvalue weighted by atomic mass is 9.85. The van der Waals surface area contributed by atoms with Gasteiger partial charge in [0.25, 0.3) is 0 Å². The second kappa shape index (κ2) is 5.53. The maximum absolute atomic E-state index is 5.83. The Morgan fingerprint density at radius 3 is 2.53 bits per heavy atom. The van der Waals surface area contributed by atoms with Gasteiger partial charge in [0.15, 0.2) is 0 Å². The number of hydrogen-bond acceptors (Lipinski definition) is 4. The third-order valence-corrected chi connectivity index (χ3v) is 3.35. The summed E-state index contributed by atoms with van der Waals surface area (Å²) in [6.07, 6.45) is 0. The molecule has 0 spiro atoms. The van der Waals surface area contributed by atoms with Crippen molar-refractivity contribution in [3.05, 3.63) is 47.7 Å². The van der Waals surface area contributed by atoms with Crippen LogP contribution in [0.25, 0.3) is 0 Å². The fraction of sp³-hybridized carbons (Fsp3) is 0.467. The highest BCUT2D eigenvalue weighted by Gasteiger charge is 2.30. The lowest BCUT2D eigenvalue weighted by Gasteiger charge is -2.20. The van der Waals surface area contributed by atoms with E-state index < -0.39 is 0 Å². The second-order valence-corrected chi connectivity index (χ2v) is 5.22. The fourth-order valence-corrected chi connectivity index (χ4v) is 2.03. The molecule has 0 aliphatic carbocycles. The van der Waals surface area contributed by atoms with Crippen molar-refractivity contribution in [2.75, 3.05) is 6.54 Å². The Morgan fingerprint density at radius 2 is 1.89 bits per heavy atom. The molecule has 1 aromatic carbocycles. The van der Waals surface area contributed by atoms with E-state index in [9.17, 15) is 0 Å². The zero-order valence-electron chi connectivity index (χ0n) is 12.0. The topological polar surface area (TPSA) is 51.0 Å². The van der Waals surface area contributed by atoms with Crippen LogP contribution in [0.5, 0.6) is 0 Å². The number of aromatic nitrogens is 2. The van der Waals surface area contributed by atoms with Crippen LogP contribution >= 0.6 is 0 Å². The van der Waals surface area contributed by atoms with Gasteiger partial charge in [-0.15, -0.1) is 10.2 Å². The maximum Gasteiger partial charge on any atom is 0.233 e. The number of nitrogens with zero attached hydrogens (tertiary/aromatic N) is 2. The van der Waals surface area contributed by atoms with E-state index in [2.05, 4.69) is 48.4 Å². The summed E-state index contributed by atoms with van der Waals surface area (Å²) < 4.78 is 5.83. The smallest absolute Gasteiger partial charge is 0.233 e. The summed E-state index contributed by atoms with van der Waals surface area (Å²) in [4.78, 5) is 0. The van der Waals surface area contributed by atoms with Crippen LogP contribution in [0, 0.1) is 0 Å². The normalized spacial score (nSPS) is 13.5. The lowest BCUT2D eigenvalue weighted by molar-refractivity contribution is 0.358. The molecule has 0 amide bonds. The van der Waals surface area contributed by atoms with Crippen LogP contribution in [0.2, 0.25) is 0 Å². The molecule has 0 saturated carbocycles. The third kappa shape index (κ3) is 2.84. The molecule has 2 aromatic rings. The Bertz CT molecular complexity index is 519. The molecule has 0 fully saturated rings. The molecule has 0 aliphatic heterocycles. The van der Waals surface area contributed by atoms with Gasteiger partial charge in [0.05, 0.1) is 11.5 Å². The van der Waals surface area contributed by atoms with Crippen LogP contribution in [-0.4, -0.2) is 16.7 Å². The first-order valence-corrected chi connectivity index (χ1v) is 6.68. The summed E-state index contributed by atoms with van der Waals surface area (Å²) in [6.45, 7) is 9.15. The van der Waals surface area contributed by atoms with Crippen molar-refractivity contribution in [2.24, 2.45) is 0 Å². The van der Waals surface area contributed by atoms with Crippen LogP contribution in [-0.2, 0) is 5.41 Å². The predicted octanol–water partition coefficient (Wildman–Crippen LogP) is 3.07. The molecule has 1 heterocycles. The predicted molar refractivity (Wildman–Crippen MR) is 75.0 cm³/mol. The van der Waals surface area contributed by atoms with E-state index in [4.69, 9.17) is 4.42 Å². The Kier molecular flexibility index (Phi) is 4.00. The van der Waals surface area contributed by atoms with Gasteiger partial charge < -0.3 is 9.73 Å². The van der Waals surface area contributed by atoms with Crippen molar-refractivity contribution in [1.29, 1.82) is 0 Å². The molecule has 1 aromatic heterocycles. The minimum atomic E-state index is -0.279. The molecule has 0 radical (unpaired) electrons. The molecule has 2 rings (SSSR count). The molecular weight excluding hydrogens is 238 g/mol. The first-order chi connectivity index (χ1) is 9.05. The molecule has 0 aliphatic rings. The van der Waals surface area contributed by atoms with Crippen molar-refractivity contribution in [3.8, 4) is 0 Å². The van der Waals surface area contributed by atoms with Crippen LogP contribution in [0.1, 0.15) is 51.1 Å². The highest BCUT2D eigenvalue weighted by Crippen LogP contribution is 2.30. The van der Waals surface area contributed by atoms with E-state index in [0.29, 0.717) is 11.8 Å². The Balaban J connectivity index is 2.27. The third-order valence-electron chi connectivity index (χ3n) is 3.35. The lowest BCUT2D eigenvalue weighted by Crippen LogP contribution is -2.19. The van der Waals surface area contributed by atoms with Gasteiger partial charge in [-0.1, -0.05) is 37.3 Å². The number of nitrogens with one attached hydrogen (secondary N) is 1. The van der Waals surface area contributed by atoms with Gasteiger partial charge in [-0.05, 0) is 32.9 Å². The van der Waals surface area contributed by atoms with Crippen molar-refractivity contribution < 1.29 is 4.42 Å². The van der Waals surface area contributed by atoms with Crippen LogP contribution in [0.15, 0.2) is 34.7 Å². The second-order valence-electron chi connectivity index (χ2n) is 5.22. The molecule has 0 bridgehead atoms. The average Bonchev–Trinajstić information content (AvgIpc) is 2.90. The van der Waals surface area contributed by atoms with Crippen LogP contribution in [0.4, 0.5) is 0 Å². The summed E-state index contributed by atoms with van der Waals surface area (Å²) in [5.74, 6) is 1.29. The molecule has 4 nitrogen and oxygen atoms in total. The van der Waals surface area contributed by atoms with Crippen molar-refractivity contribution in [3.63, 3.8) is 0 Å². The first kappa shape index (κ1) is 13.7. The zero-order valence-corrected chi connectivity index (χ0v) is 12.0. The van der Waals surface area contributed by atoms with Gasteiger partial charge in [0.1, 0.15) is 0 Å². The van der Waals surface area contributed by atoms with Gasteiger partial charge in [-0.25, -0.2) is 0 Å². The van der Waals surface area contributed by atoms with Crippen molar-refractivity contribution >= 4 is 0 Å². The molecule has 1 atom stereocenters. The largest absolute Gasteiger partial charge is 0.423 e. The van der Waals surface area contributed by atoms with Gasteiger partial charge >= 0.3 is 0 Å². The Morgan fingerprint density at radius 1 is 1.21 bits per heavy atom. The van der Waals surface area contributed by atoms with Gasteiger partial charge in [0, 0.05) is 0 Å². The van der Waals surface area contributed by atoms with Crippen LogP contribution < -0.4 is 5.32 Å². The monoisotopic (exact) mass is 259 g/mol. The minimum absolute atomic E-state index is 0.0813. The van der Waals surface area contributed by atoms with E-state index in [1.165, 1.54) is 5.56 Å². The summed E-state index contributed by atoms with van der Waals surface area (Å²) in [7, 11) is 0. The van der Waals surface area contributed by atoms with Crippen molar-refractivity contribution in [1.82, 2.24) is 15.5 Å². The molecule has 0 saturated heterocycles. The van der Waals surface area contributed by atoms with Crippen molar-refractivity contribution in [2.45, 2.75) is 39.2 Å². The van der Waals surface area contributed by atoms with Gasteiger partial charge in [-0.2, -0.15) is 0 Å². The molecule has 102 valence electrons. The highest BCUT2D eigenvalue weighted by atomic mass is 16.4. The Hall–Kier alpha value is -1.68. The van der Waals surface area contributed by atoms with E-state index >= 15 is 0 Å². The summed E-state index contributed by atoms with van der Waals surface area (Å²) in [5.41, 5.74) is 0.889. The maximum atomic E-state index is 5.83. The quantitative estimate of drug-likeness (QED) is 0.896. The molecule has 1 N–H and O–H groups in total. The number of benzene rings is 1. The summed E-state index contributed by atoms with van der Waals surface area (Å²) in [6, 6.07) is 10.3. The first-order valence-electron chi connectivity index (χ1n) is 6.68. The number of hydrogen-bond donors (Lipinski definition) is 1. The number of rotatable bonds is 5. The standard InChI is InChI=1S/C15H21N3O/c1-5-16-11(2)13-17-18-14(19-13)15(3,4)12-9-7-6-8-10-12/h6-11,16H,5H2,1-4H3. The Labute approximate surface area is 114 Å². The average molecular weight is 259 g/mol. The minimum Gasteiger partial charge on any atom is -0.423 e. The molecular formula is C15H21N3O. The summed E-state index contributed by atoms with van der Waals surface area (Å²) in [5, 5.41) is 11.6. The highest BCUT2D eigenvalue weighted by molar-refractivity contribution is 5.29. The summed E-state index contributed by atoms with van der Waals surface area (Å²) >= 11 is 0. The zero-order chi connectivity index (χ0) is 13.9. The van der Waals surface area contributed by atoms with Crippen LogP contribution in [0.3, 0.4) is 0 Å². The van der Waals surface area contributed by atoms with E-state index in [0.717, 1.165) is 6.54 Å². The van der Waals surface area contributed by atoms with E-state index in [-0.39, 0.29) is 11.5 Å². The fourth-order valence-electron chi connectivity index (χ4n) is 2.03. The molecule has 4 heteroatoms.